The Balaban J connectivity index is 3.88. The normalized spacial score (nSPS) is 11.4. The zero-order chi connectivity index (χ0) is 21.1. The molecule has 0 bridgehead atoms. The van der Waals surface area contributed by atoms with Gasteiger partial charge in [-0.15, -0.1) is 0 Å². The third-order valence-electron chi connectivity index (χ3n) is 5.01. The molecule has 0 aromatic carbocycles. The summed E-state index contributed by atoms with van der Waals surface area (Å²) >= 11 is 0. The fraction of sp³-hybridized carbons (Fsp3) is 0.913. The van der Waals surface area contributed by atoms with E-state index in [4.69, 9.17) is 9.47 Å². The molecule has 1 N–H and O–H groups in total. The Morgan fingerprint density at radius 1 is 0.679 bits per heavy atom. The summed E-state index contributed by atoms with van der Waals surface area (Å²) in [7, 11) is 0. The molecule has 0 radical (unpaired) electrons. The van der Waals surface area contributed by atoms with E-state index in [1.165, 1.54) is 38.5 Å². The highest BCUT2D eigenvalue weighted by Gasteiger charge is 2.27. The minimum absolute atomic E-state index is 0.0719. The van der Waals surface area contributed by atoms with Gasteiger partial charge in [0.15, 0.2) is 0 Å². The van der Waals surface area contributed by atoms with E-state index < -0.39 is 5.41 Å². The molecule has 0 saturated carbocycles. The maximum absolute atomic E-state index is 11.9. The molecular weight excluding hydrogens is 356 g/mol. The van der Waals surface area contributed by atoms with E-state index in [0.717, 1.165) is 38.5 Å². The van der Waals surface area contributed by atoms with Crippen LogP contribution in [0.5, 0.6) is 0 Å². The quantitative estimate of drug-likeness (QED) is 0.226. The van der Waals surface area contributed by atoms with E-state index in [9.17, 15) is 14.7 Å². The fourth-order valence-electron chi connectivity index (χ4n) is 2.89. The SMILES string of the molecule is CCCCCCCCC(=O)OCC(C)(CO)COC(=O)CCCCCCCC. The van der Waals surface area contributed by atoms with Crippen molar-refractivity contribution in [2.45, 2.75) is 111 Å². The van der Waals surface area contributed by atoms with Gasteiger partial charge in [-0.2, -0.15) is 0 Å². The Labute approximate surface area is 172 Å². The van der Waals surface area contributed by atoms with Crippen LogP contribution in [0.25, 0.3) is 0 Å². The summed E-state index contributed by atoms with van der Waals surface area (Å²) in [6, 6.07) is 0. The number of aliphatic hydroxyl groups excluding tert-OH is 1. The number of ether oxygens (including phenoxy) is 2. The smallest absolute Gasteiger partial charge is 0.305 e. The van der Waals surface area contributed by atoms with Crippen molar-refractivity contribution >= 4 is 11.9 Å². The van der Waals surface area contributed by atoms with Crippen LogP contribution in [-0.4, -0.2) is 36.9 Å². The topological polar surface area (TPSA) is 72.8 Å². The second-order valence-electron chi connectivity index (χ2n) is 8.33. The largest absolute Gasteiger partial charge is 0.465 e. The highest BCUT2D eigenvalue weighted by molar-refractivity contribution is 5.69. The van der Waals surface area contributed by atoms with Crippen LogP contribution in [0.15, 0.2) is 0 Å². The van der Waals surface area contributed by atoms with Crippen LogP contribution in [0.4, 0.5) is 0 Å². The molecule has 0 aromatic rings. The van der Waals surface area contributed by atoms with Gasteiger partial charge in [0.05, 0.1) is 12.0 Å². The van der Waals surface area contributed by atoms with Crippen molar-refractivity contribution in [1.29, 1.82) is 0 Å². The van der Waals surface area contributed by atoms with E-state index in [-0.39, 0.29) is 31.8 Å². The van der Waals surface area contributed by atoms with Crippen LogP contribution < -0.4 is 0 Å². The summed E-state index contributed by atoms with van der Waals surface area (Å²) in [5.41, 5.74) is -0.742. The van der Waals surface area contributed by atoms with Crippen LogP contribution in [0.3, 0.4) is 0 Å². The molecule has 0 aliphatic carbocycles. The molecule has 5 nitrogen and oxygen atoms in total. The van der Waals surface area contributed by atoms with Crippen LogP contribution in [0, 0.1) is 5.41 Å². The zero-order valence-corrected chi connectivity index (χ0v) is 18.6. The summed E-state index contributed by atoms with van der Waals surface area (Å²) in [5, 5.41) is 9.62. The van der Waals surface area contributed by atoms with Crippen LogP contribution in [0.2, 0.25) is 0 Å². The average Bonchev–Trinajstić information content (AvgIpc) is 2.70. The summed E-state index contributed by atoms with van der Waals surface area (Å²) in [4.78, 5) is 23.7. The second kappa shape index (κ2) is 18.0. The lowest BCUT2D eigenvalue weighted by atomic mass is 9.94. The average molecular weight is 401 g/mol. The number of hydrogen-bond donors (Lipinski definition) is 1. The highest BCUT2D eigenvalue weighted by Crippen LogP contribution is 2.18. The van der Waals surface area contributed by atoms with Gasteiger partial charge in [-0.1, -0.05) is 85.0 Å². The summed E-state index contributed by atoms with van der Waals surface area (Å²) in [6.07, 6.45) is 14.3. The summed E-state index contributed by atoms with van der Waals surface area (Å²) in [5.74, 6) is -0.484. The number of carbonyl (C=O) groups is 2. The predicted molar refractivity (Wildman–Crippen MR) is 113 cm³/mol. The van der Waals surface area contributed by atoms with Gasteiger partial charge in [0.2, 0.25) is 0 Å². The summed E-state index contributed by atoms with van der Waals surface area (Å²) in [6.45, 7) is 6.08. The van der Waals surface area contributed by atoms with E-state index in [0.29, 0.717) is 12.8 Å². The molecule has 0 aliphatic rings. The predicted octanol–water partition coefficient (Wildman–Crippen LogP) is 5.57. The molecule has 0 atom stereocenters. The first-order valence-electron chi connectivity index (χ1n) is 11.4. The van der Waals surface area contributed by atoms with Gasteiger partial charge in [0.1, 0.15) is 13.2 Å². The number of aliphatic hydroxyl groups is 1. The van der Waals surface area contributed by atoms with E-state index in [2.05, 4.69) is 13.8 Å². The van der Waals surface area contributed by atoms with Crippen LogP contribution in [0.1, 0.15) is 111 Å². The van der Waals surface area contributed by atoms with E-state index in [1.54, 1.807) is 6.92 Å². The first kappa shape index (κ1) is 26.9. The van der Waals surface area contributed by atoms with Crippen LogP contribution in [-0.2, 0) is 19.1 Å². The molecule has 0 fully saturated rings. The Hall–Kier alpha value is -1.10. The van der Waals surface area contributed by atoms with Gasteiger partial charge < -0.3 is 14.6 Å². The van der Waals surface area contributed by atoms with Crippen molar-refractivity contribution in [1.82, 2.24) is 0 Å². The molecule has 0 saturated heterocycles. The van der Waals surface area contributed by atoms with Crippen molar-refractivity contribution in [3.05, 3.63) is 0 Å². The fourth-order valence-corrected chi connectivity index (χ4v) is 2.89. The minimum atomic E-state index is -0.742. The summed E-state index contributed by atoms with van der Waals surface area (Å²) < 4.78 is 10.6. The first-order chi connectivity index (χ1) is 13.5. The van der Waals surface area contributed by atoms with Crippen molar-refractivity contribution in [3.63, 3.8) is 0 Å². The van der Waals surface area contributed by atoms with Gasteiger partial charge in [-0.05, 0) is 12.8 Å². The molecule has 0 rings (SSSR count). The number of rotatable bonds is 19. The van der Waals surface area contributed by atoms with Crippen molar-refractivity contribution in [2.24, 2.45) is 5.41 Å². The van der Waals surface area contributed by atoms with Gasteiger partial charge in [0.25, 0.3) is 0 Å². The molecule has 0 aliphatic heterocycles. The molecule has 0 spiro atoms. The maximum Gasteiger partial charge on any atom is 0.305 e. The molecule has 0 amide bonds. The second-order valence-corrected chi connectivity index (χ2v) is 8.33. The van der Waals surface area contributed by atoms with Gasteiger partial charge >= 0.3 is 11.9 Å². The van der Waals surface area contributed by atoms with Gasteiger partial charge in [-0.3, -0.25) is 9.59 Å². The lowest BCUT2D eigenvalue weighted by molar-refractivity contribution is -0.155. The van der Waals surface area contributed by atoms with Crippen molar-refractivity contribution < 1.29 is 24.2 Å². The van der Waals surface area contributed by atoms with Gasteiger partial charge in [0, 0.05) is 12.8 Å². The van der Waals surface area contributed by atoms with E-state index >= 15 is 0 Å². The Bertz CT molecular complexity index is 362. The lowest BCUT2D eigenvalue weighted by Gasteiger charge is -2.26. The number of esters is 2. The first-order valence-corrected chi connectivity index (χ1v) is 11.4. The Kier molecular flexibility index (Phi) is 17.3. The molecule has 166 valence electrons. The zero-order valence-electron chi connectivity index (χ0n) is 18.6. The molecule has 0 heterocycles. The molecule has 5 heteroatoms. The molecule has 0 aromatic heterocycles. The number of hydrogen-bond acceptors (Lipinski definition) is 5. The Morgan fingerprint density at radius 2 is 1.04 bits per heavy atom. The molecule has 28 heavy (non-hydrogen) atoms. The van der Waals surface area contributed by atoms with Gasteiger partial charge in [-0.25, -0.2) is 0 Å². The van der Waals surface area contributed by atoms with Crippen LogP contribution >= 0.6 is 0 Å². The lowest BCUT2D eigenvalue weighted by Crippen LogP contribution is -2.35. The third kappa shape index (κ3) is 15.9. The molecular formula is C23H44O5. The standard InChI is InChI=1S/C23H44O5/c1-4-6-8-10-12-14-16-21(25)27-19-23(3,18-24)20-28-22(26)17-15-13-11-9-7-5-2/h24H,4-20H2,1-3H3. The third-order valence-corrected chi connectivity index (χ3v) is 5.01. The Morgan fingerprint density at radius 3 is 1.39 bits per heavy atom. The van der Waals surface area contributed by atoms with E-state index in [1.807, 2.05) is 0 Å². The molecule has 0 unspecified atom stereocenters. The van der Waals surface area contributed by atoms with Crippen molar-refractivity contribution in [3.8, 4) is 0 Å². The number of unbranched alkanes of at least 4 members (excludes halogenated alkanes) is 10. The highest BCUT2D eigenvalue weighted by atomic mass is 16.5. The van der Waals surface area contributed by atoms with Crippen molar-refractivity contribution in [2.75, 3.05) is 19.8 Å². The monoisotopic (exact) mass is 400 g/mol. The number of carbonyl (C=O) groups excluding carboxylic acids is 2. The minimum Gasteiger partial charge on any atom is -0.465 e. The maximum atomic E-state index is 11.9.